The first kappa shape index (κ1) is 14.7. The highest BCUT2D eigenvalue weighted by Gasteiger charge is 2.25. The maximum Gasteiger partial charge on any atom is 0.200 e. The molecule has 102 valence electrons. The van der Waals surface area contributed by atoms with Gasteiger partial charge in [0.25, 0.3) is 0 Å². The van der Waals surface area contributed by atoms with Gasteiger partial charge in [0.1, 0.15) is 5.69 Å². The van der Waals surface area contributed by atoms with E-state index >= 15 is 0 Å². The number of rotatable bonds is 5. The lowest BCUT2D eigenvalue weighted by Crippen LogP contribution is -2.17. The van der Waals surface area contributed by atoms with Crippen LogP contribution < -0.4 is 5.32 Å². The van der Waals surface area contributed by atoms with Gasteiger partial charge in [0.15, 0.2) is 23.3 Å². The van der Waals surface area contributed by atoms with Gasteiger partial charge in [0.2, 0.25) is 5.82 Å². The summed E-state index contributed by atoms with van der Waals surface area (Å²) in [6.07, 6.45) is 0.506. The molecule has 0 fully saturated rings. The Morgan fingerprint density at radius 1 is 0.833 bits per heavy atom. The summed E-state index contributed by atoms with van der Waals surface area (Å²) < 4.78 is 64.8. The maximum absolute atomic E-state index is 13.2. The van der Waals surface area contributed by atoms with Crippen LogP contribution in [0.4, 0.5) is 27.6 Å². The molecule has 1 N–H and O–H groups in total. The fourth-order valence-corrected chi connectivity index (χ4v) is 1.37. The summed E-state index contributed by atoms with van der Waals surface area (Å²) in [5.41, 5.74) is -0.981. The van der Waals surface area contributed by atoms with Crippen LogP contribution in [-0.2, 0) is 0 Å². The van der Waals surface area contributed by atoms with E-state index in [4.69, 9.17) is 0 Å². The Kier molecular flexibility index (Phi) is 4.89. The van der Waals surface area contributed by atoms with Crippen LogP contribution in [0.1, 0.15) is 6.42 Å². The Bertz CT molecular complexity index is 405. The van der Waals surface area contributed by atoms with Crippen molar-refractivity contribution in [1.29, 1.82) is 0 Å². The van der Waals surface area contributed by atoms with Gasteiger partial charge in [-0.25, -0.2) is 22.0 Å². The van der Waals surface area contributed by atoms with Crippen LogP contribution in [0.25, 0.3) is 0 Å². The van der Waals surface area contributed by atoms with E-state index in [0.717, 1.165) is 0 Å². The summed E-state index contributed by atoms with van der Waals surface area (Å²) in [6, 6.07) is 0. The van der Waals surface area contributed by atoms with Gasteiger partial charge in [-0.1, -0.05) is 0 Å². The topological polar surface area (TPSA) is 15.3 Å². The summed E-state index contributed by atoms with van der Waals surface area (Å²) in [5.74, 6) is -9.70. The monoisotopic (exact) mass is 268 g/mol. The van der Waals surface area contributed by atoms with Crippen LogP contribution in [0.5, 0.6) is 0 Å². The van der Waals surface area contributed by atoms with Crippen LogP contribution in [0, 0.1) is 29.1 Å². The number of nitrogens with one attached hydrogen (secondary N) is 1. The Balaban J connectivity index is 2.83. The van der Waals surface area contributed by atoms with Gasteiger partial charge in [0, 0.05) is 6.54 Å². The van der Waals surface area contributed by atoms with Crippen molar-refractivity contribution >= 4 is 5.69 Å². The second-order valence-corrected chi connectivity index (χ2v) is 4.03. The van der Waals surface area contributed by atoms with Gasteiger partial charge >= 0.3 is 0 Å². The zero-order valence-electron chi connectivity index (χ0n) is 9.96. The normalized spacial score (nSPS) is 11.1. The second-order valence-electron chi connectivity index (χ2n) is 4.03. The summed E-state index contributed by atoms with van der Waals surface area (Å²) >= 11 is 0. The van der Waals surface area contributed by atoms with E-state index in [9.17, 15) is 22.0 Å². The van der Waals surface area contributed by atoms with Gasteiger partial charge < -0.3 is 10.2 Å². The molecule has 0 heterocycles. The molecule has 0 aliphatic heterocycles. The van der Waals surface area contributed by atoms with E-state index in [1.54, 1.807) is 14.1 Å². The molecule has 1 aromatic carbocycles. The molecule has 2 nitrogen and oxygen atoms in total. The van der Waals surface area contributed by atoms with Crippen molar-refractivity contribution in [2.75, 3.05) is 32.5 Å². The van der Waals surface area contributed by atoms with Crippen LogP contribution in [0.15, 0.2) is 0 Å². The van der Waals surface area contributed by atoms with Crippen molar-refractivity contribution in [1.82, 2.24) is 4.90 Å². The molecule has 18 heavy (non-hydrogen) atoms. The molecule has 0 amide bonds. The lowest BCUT2D eigenvalue weighted by Gasteiger charge is -2.12. The van der Waals surface area contributed by atoms with E-state index in [2.05, 4.69) is 5.32 Å². The molecule has 0 aromatic heterocycles. The molecule has 0 saturated carbocycles. The number of halogens is 5. The molecule has 0 unspecified atom stereocenters. The maximum atomic E-state index is 13.2. The summed E-state index contributed by atoms with van der Waals surface area (Å²) in [5, 5.41) is 2.22. The van der Waals surface area contributed by atoms with Crippen LogP contribution >= 0.6 is 0 Å². The third-order valence-corrected chi connectivity index (χ3v) is 2.29. The number of hydrogen-bond donors (Lipinski definition) is 1. The predicted molar refractivity (Wildman–Crippen MR) is 57.9 cm³/mol. The van der Waals surface area contributed by atoms with Crippen molar-refractivity contribution in [2.24, 2.45) is 0 Å². The minimum atomic E-state index is -2.15. The number of benzene rings is 1. The first-order chi connectivity index (χ1) is 8.36. The highest BCUT2D eigenvalue weighted by Crippen LogP contribution is 2.26. The van der Waals surface area contributed by atoms with Crippen molar-refractivity contribution in [3.05, 3.63) is 29.1 Å². The summed E-state index contributed by atoms with van der Waals surface area (Å²) in [6.45, 7) is 0.735. The second kappa shape index (κ2) is 5.99. The minimum absolute atomic E-state index is 0.108. The fraction of sp³-hybridized carbons (Fsp3) is 0.455. The molecular formula is C11H13F5N2. The van der Waals surface area contributed by atoms with Crippen LogP contribution in [0.3, 0.4) is 0 Å². The van der Waals surface area contributed by atoms with E-state index in [-0.39, 0.29) is 6.54 Å². The number of nitrogens with zero attached hydrogens (tertiary/aromatic N) is 1. The van der Waals surface area contributed by atoms with Gasteiger partial charge in [0.05, 0.1) is 0 Å². The van der Waals surface area contributed by atoms with Gasteiger partial charge in [-0.15, -0.1) is 0 Å². The Morgan fingerprint density at radius 3 is 1.72 bits per heavy atom. The Labute approximate surface area is 101 Å². The highest BCUT2D eigenvalue weighted by atomic mass is 19.2. The molecule has 0 saturated heterocycles. The highest BCUT2D eigenvalue weighted by molar-refractivity contribution is 5.47. The zero-order chi connectivity index (χ0) is 13.9. The smallest absolute Gasteiger partial charge is 0.200 e. The standard InChI is InChI=1S/C11H13F5N2/c1-18(2)5-3-4-17-11-9(15)7(13)6(12)8(14)10(11)16/h17H,3-5H2,1-2H3. The Hall–Kier alpha value is -1.37. The zero-order valence-corrected chi connectivity index (χ0v) is 9.96. The molecule has 0 aliphatic rings. The van der Waals surface area contributed by atoms with E-state index in [1.807, 2.05) is 4.90 Å². The van der Waals surface area contributed by atoms with Crippen LogP contribution in [-0.4, -0.2) is 32.1 Å². The fourth-order valence-electron chi connectivity index (χ4n) is 1.37. The largest absolute Gasteiger partial charge is 0.380 e. The SMILES string of the molecule is CN(C)CCCNc1c(F)c(F)c(F)c(F)c1F. The average Bonchev–Trinajstić information content (AvgIpc) is 2.32. The molecular weight excluding hydrogens is 255 g/mol. The lowest BCUT2D eigenvalue weighted by atomic mass is 10.2. The van der Waals surface area contributed by atoms with Crippen molar-refractivity contribution in [3.8, 4) is 0 Å². The van der Waals surface area contributed by atoms with Gasteiger partial charge in [-0.05, 0) is 27.1 Å². The first-order valence-electron chi connectivity index (χ1n) is 5.26. The molecule has 1 rings (SSSR count). The van der Waals surface area contributed by atoms with Crippen molar-refractivity contribution in [2.45, 2.75) is 6.42 Å². The van der Waals surface area contributed by atoms with Crippen molar-refractivity contribution in [3.63, 3.8) is 0 Å². The third kappa shape index (κ3) is 3.10. The Morgan fingerprint density at radius 2 is 1.28 bits per heavy atom. The molecule has 0 atom stereocenters. The van der Waals surface area contributed by atoms with Crippen molar-refractivity contribution < 1.29 is 22.0 Å². The molecule has 7 heteroatoms. The number of anilines is 1. The molecule has 1 aromatic rings. The van der Waals surface area contributed by atoms with E-state index in [1.165, 1.54) is 0 Å². The quantitative estimate of drug-likeness (QED) is 0.382. The van der Waals surface area contributed by atoms with E-state index in [0.29, 0.717) is 13.0 Å². The average molecular weight is 268 g/mol. The predicted octanol–water partition coefficient (Wildman–Crippen LogP) is 2.75. The molecule has 0 radical (unpaired) electrons. The van der Waals surface area contributed by atoms with Gasteiger partial charge in [-0.3, -0.25) is 0 Å². The minimum Gasteiger partial charge on any atom is -0.380 e. The molecule has 0 spiro atoms. The first-order valence-corrected chi connectivity index (χ1v) is 5.26. The lowest BCUT2D eigenvalue weighted by molar-refractivity contribution is 0.380. The molecule has 0 aliphatic carbocycles. The number of hydrogen-bond acceptors (Lipinski definition) is 2. The van der Waals surface area contributed by atoms with Crippen LogP contribution in [0.2, 0.25) is 0 Å². The third-order valence-electron chi connectivity index (χ3n) is 2.29. The summed E-state index contributed by atoms with van der Waals surface area (Å²) in [4.78, 5) is 1.83. The van der Waals surface area contributed by atoms with E-state index < -0.39 is 34.8 Å². The summed E-state index contributed by atoms with van der Waals surface area (Å²) in [7, 11) is 3.61. The molecule has 0 bridgehead atoms. The van der Waals surface area contributed by atoms with Gasteiger partial charge in [-0.2, -0.15) is 0 Å².